The van der Waals surface area contributed by atoms with E-state index in [2.05, 4.69) is 28.6 Å². The zero-order valence-corrected chi connectivity index (χ0v) is 14.0. The molecule has 1 aliphatic heterocycles. The number of aromatic amines is 1. The van der Waals surface area contributed by atoms with Crippen LogP contribution in [0.4, 0.5) is 11.4 Å². The van der Waals surface area contributed by atoms with Crippen molar-refractivity contribution in [1.82, 2.24) is 9.78 Å². The van der Waals surface area contributed by atoms with Crippen LogP contribution in [0.25, 0.3) is 0 Å². The van der Waals surface area contributed by atoms with Crippen LogP contribution in [0.3, 0.4) is 0 Å². The highest BCUT2D eigenvalue weighted by Crippen LogP contribution is 2.44. The van der Waals surface area contributed by atoms with Gasteiger partial charge in [-0.15, -0.1) is 0 Å². The molecule has 4 rings (SSSR count). The molecule has 0 fully saturated rings. The van der Waals surface area contributed by atoms with Crippen LogP contribution in [0.15, 0.2) is 63.1 Å². The lowest BCUT2D eigenvalue weighted by Crippen LogP contribution is -2.20. The molecule has 2 aromatic carbocycles. The maximum Gasteiger partial charge on any atom is 0.266 e. The smallest absolute Gasteiger partial charge is 0.266 e. The molecule has 0 radical (unpaired) electrons. The van der Waals surface area contributed by atoms with Gasteiger partial charge < -0.3 is 10.1 Å². The number of nitrogens with one attached hydrogen (secondary N) is 2. The lowest BCUT2D eigenvalue weighted by atomic mass is 10.2. The molecule has 1 aliphatic rings. The number of anilines is 2. The Labute approximate surface area is 143 Å². The Morgan fingerprint density at radius 3 is 2.75 bits per heavy atom. The molecule has 2 heterocycles. The number of H-pyrrole nitrogens is 1. The summed E-state index contributed by atoms with van der Waals surface area (Å²) in [6.07, 6.45) is 0. The molecule has 0 aliphatic carbocycles. The SMILES string of the molecule is Cc1cc(=O)n(CCOc2ccc3c(c2)Nc2ccccc2S3)[nH]1. The van der Waals surface area contributed by atoms with Crippen molar-refractivity contribution in [2.24, 2.45) is 0 Å². The second-order valence-corrected chi connectivity index (χ2v) is 6.74. The van der Waals surface area contributed by atoms with Gasteiger partial charge >= 0.3 is 0 Å². The number of aryl methyl sites for hydroxylation is 1. The Morgan fingerprint density at radius 1 is 1.08 bits per heavy atom. The van der Waals surface area contributed by atoms with Gasteiger partial charge in [0.25, 0.3) is 5.56 Å². The predicted molar refractivity (Wildman–Crippen MR) is 95.6 cm³/mol. The predicted octanol–water partition coefficient (Wildman–Crippen LogP) is 3.77. The number of hydrogen-bond donors (Lipinski definition) is 2. The van der Waals surface area contributed by atoms with Crippen molar-refractivity contribution in [2.75, 3.05) is 11.9 Å². The molecule has 0 saturated carbocycles. The average molecular weight is 339 g/mol. The number of benzene rings is 2. The molecule has 0 saturated heterocycles. The molecule has 0 atom stereocenters. The molecule has 0 unspecified atom stereocenters. The number of hydrogen-bond acceptors (Lipinski definition) is 4. The van der Waals surface area contributed by atoms with Crippen molar-refractivity contribution < 1.29 is 4.74 Å². The molecule has 5 nitrogen and oxygen atoms in total. The van der Waals surface area contributed by atoms with Gasteiger partial charge in [0.15, 0.2) is 0 Å². The quantitative estimate of drug-likeness (QED) is 0.594. The van der Waals surface area contributed by atoms with Crippen molar-refractivity contribution in [3.8, 4) is 5.75 Å². The minimum atomic E-state index is -0.0313. The van der Waals surface area contributed by atoms with E-state index in [-0.39, 0.29) is 5.56 Å². The molecule has 6 heteroatoms. The fraction of sp³-hybridized carbons (Fsp3) is 0.167. The fourth-order valence-corrected chi connectivity index (χ4v) is 3.66. The first kappa shape index (κ1) is 15.0. The van der Waals surface area contributed by atoms with E-state index in [0.717, 1.165) is 22.8 Å². The van der Waals surface area contributed by atoms with Crippen molar-refractivity contribution in [3.63, 3.8) is 0 Å². The molecule has 0 spiro atoms. The maximum absolute atomic E-state index is 11.7. The molecule has 3 aromatic rings. The minimum absolute atomic E-state index is 0.0313. The molecular weight excluding hydrogens is 322 g/mol. The normalized spacial score (nSPS) is 12.2. The second-order valence-electron chi connectivity index (χ2n) is 5.66. The number of para-hydroxylation sites is 1. The van der Waals surface area contributed by atoms with Crippen LogP contribution in [-0.2, 0) is 6.54 Å². The number of rotatable bonds is 4. The summed E-state index contributed by atoms with van der Waals surface area (Å²) in [6.45, 7) is 2.79. The van der Waals surface area contributed by atoms with Gasteiger partial charge in [0.2, 0.25) is 0 Å². The number of aromatic nitrogens is 2. The van der Waals surface area contributed by atoms with E-state index in [9.17, 15) is 4.79 Å². The third-order valence-corrected chi connectivity index (χ3v) is 4.98. The van der Waals surface area contributed by atoms with Crippen LogP contribution < -0.4 is 15.6 Å². The first-order valence-electron chi connectivity index (χ1n) is 7.76. The highest BCUT2D eigenvalue weighted by molar-refractivity contribution is 7.99. The van der Waals surface area contributed by atoms with Crippen molar-refractivity contribution in [1.29, 1.82) is 0 Å². The van der Waals surface area contributed by atoms with E-state index in [1.54, 1.807) is 22.5 Å². The third kappa shape index (κ3) is 2.92. The third-order valence-electron chi connectivity index (χ3n) is 3.83. The van der Waals surface area contributed by atoms with Crippen molar-refractivity contribution in [3.05, 3.63) is 64.6 Å². The van der Waals surface area contributed by atoms with E-state index in [4.69, 9.17) is 4.74 Å². The van der Waals surface area contributed by atoms with Crippen LogP contribution in [0.1, 0.15) is 5.69 Å². The zero-order chi connectivity index (χ0) is 16.5. The highest BCUT2D eigenvalue weighted by atomic mass is 32.2. The molecule has 24 heavy (non-hydrogen) atoms. The van der Waals surface area contributed by atoms with Gasteiger partial charge in [-0.05, 0) is 31.2 Å². The van der Waals surface area contributed by atoms with Gasteiger partial charge in [0, 0.05) is 27.6 Å². The van der Waals surface area contributed by atoms with Gasteiger partial charge in [-0.2, -0.15) is 0 Å². The number of nitrogens with zero attached hydrogens (tertiary/aromatic N) is 1. The minimum Gasteiger partial charge on any atom is -0.492 e. The summed E-state index contributed by atoms with van der Waals surface area (Å²) in [6, 6.07) is 15.8. The van der Waals surface area contributed by atoms with E-state index < -0.39 is 0 Å². The van der Waals surface area contributed by atoms with E-state index >= 15 is 0 Å². The molecule has 1 aromatic heterocycles. The van der Waals surface area contributed by atoms with Crippen LogP contribution in [0, 0.1) is 6.92 Å². The Morgan fingerprint density at radius 2 is 1.92 bits per heavy atom. The lowest BCUT2D eigenvalue weighted by molar-refractivity contribution is 0.289. The standard InChI is InChI=1S/C18H17N3O2S/c1-12-10-18(22)21(20-12)8-9-23-13-6-7-17-15(11-13)19-14-4-2-3-5-16(14)24-17/h2-7,10-11,19-20H,8-9H2,1H3. The number of ether oxygens (including phenoxy) is 1. The first-order chi connectivity index (χ1) is 11.7. The van der Waals surface area contributed by atoms with Crippen LogP contribution >= 0.6 is 11.8 Å². The summed E-state index contributed by atoms with van der Waals surface area (Å²) in [5, 5.41) is 6.44. The molecule has 122 valence electrons. The lowest BCUT2D eigenvalue weighted by Gasteiger charge is -2.21. The Kier molecular flexibility index (Phi) is 3.82. The summed E-state index contributed by atoms with van der Waals surface area (Å²) in [4.78, 5) is 14.1. The average Bonchev–Trinajstić information content (AvgIpc) is 2.90. The van der Waals surface area contributed by atoms with Crippen molar-refractivity contribution >= 4 is 23.1 Å². The topological polar surface area (TPSA) is 59.0 Å². The first-order valence-corrected chi connectivity index (χ1v) is 8.58. The van der Waals surface area contributed by atoms with Gasteiger partial charge in [-0.3, -0.25) is 9.89 Å². The van der Waals surface area contributed by atoms with Crippen molar-refractivity contribution in [2.45, 2.75) is 23.3 Å². The van der Waals surface area contributed by atoms with Gasteiger partial charge in [0.1, 0.15) is 12.4 Å². The summed E-state index contributed by atoms with van der Waals surface area (Å²) in [5.74, 6) is 0.789. The molecule has 0 amide bonds. The highest BCUT2D eigenvalue weighted by Gasteiger charge is 2.15. The molecule has 0 bridgehead atoms. The molecule has 2 N–H and O–H groups in total. The summed E-state index contributed by atoms with van der Waals surface area (Å²) < 4.78 is 7.35. The second kappa shape index (κ2) is 6.13. The maximum atomic E-state index is 11.7. The Balaban J connectivity index is 1.45. The van der Waals surface area contributed by atoms with Gasteiger partial charge in [-0.1, -0.05) is 23.9 Å². The summed E-state index contributed by atoms with van der Waals surface area (Å²) >= 11 is 1.75. The van der Waals surface area contributed by atoms with Gasteiger partial charge in [0.05, 0.1) is 17.9 Å². The van der Waals surface area contributed by atoms with Crippen LogP contribution in [-0.4, -0.2) is 16.4 Å². The largest absolute Gasteiger partial charge is 0.492 e. The Bertz CT molecular complexity index is 945. The summed E-state index contributed by atoms with van der Waals surface area (Å²) in [7, 11) is 0. The van der Waals surface area contributed by atoms with E-state index in [1.165, 1.54) is 9.79 Å². The Hall–Kier alpha value is -2.60. The fourth-order valence-electron chi connectivity index (χ4n) is 2.69. The summed E-state index contributed by atoms with van der Waals surface area (Å²) in [5.41, 5.74) is 2.98. The monoisotopic (exact) mass is 339 g/mol. The van der Waals surface area contributed by atoms with Crippen LogP contribution in [0.5, 0.6) is 5.75 Å². The molecular formula is C18H17N3O2S. The van der Waals surface area contributed by atoms with Gasteiger partial charge in [-0.25, -0.2) is 4.68 Å². The van der Waals surface area contributed by atoms with E-state index in [1.807, 2.05) is 31.2 Å². The number of fused-ring (bicyclic) bond motifs is 2. The van der Waals surface area contributed by atoms with E-state index in [0.29, 0.717) is 13.2 Å². The zero-order valence-electron chi connectivity index (χ0n) is 13.2. The van der Waals surface area contributed by atoms with Crippen LogP contribution in [0.2, 0.25) is 0 Å².